The quantitative estimate of drug-likeness (QED) is 0.774. The molecule has 2 unspecified atom stereocenters. The van der Waals surface area contributed by atoms with Gasteiger partial charge in [-0.3, -0.25) is 0 Å². The van der Waals surface area contributed by atoms with E-state index in [4.69, 9.17) is 4.74 Å². The number of benzene rings is 2. The van der Waals surface area contributed by atoms with Crippen molar-refractivity contribution in [3.8, 4) is 5.75 Å². The van der Waals surface area contributed by atoms with Crippen LogP contribution < -0.4 is 10.1 Å². The minimum absolute atomic E-state index is 0.661. The largest absolute Gasteiger partial charge is 0.494 e. The zero-order chi connectivity index (χ0) is 13.6. The highest BCUT2D eigenvalue weighted by Gasteiger charge is 2.37. The topological polar surface area (TPSA) is 21.3 Å². The summed E-state index contributed by atoms with van der Waals surface area (Å²) in [7, 11) is 0. The summed E-state index contributed by atoms with van der Waals surface area (Å²) in [5.41, 5.74) is 1.46. The third-order valence-electron chi connectivity index (χ3n) is 3.76. The van der Waals surface area contributed by atoms with Gasteiger partial charge >= 0.3 is 0 Å². The molecule has 2 nitrogen and oxygen atoms in total. The van der Waals surface area contributed by atoms with Crippen molar-refractivity contribution in [1.82, 2.24) is 5.32 Å². The van der Waals surface area contributed by atoms with E-state index in [0.29, 0.717) is 12.0 Å². The van der Waals surface area contributed by atoms with Crippen LogP contribution in [0.5, 0.6) is 5.75 Å². The molecule has 0 saturated heterocycles. The van der Waals surface area contributed by atoms with Crippen LogP contribution in [0.25, 0.3) is 0 Å². The monoisotopic (exact) mass is 267 g/mol. The van der Waals surface area contributed by atoms with E-state index >= 15 is 0 Å². The van der Waals surface area contributed by atoms with Gasteiger partial charge in [-0.1, -0.05) is 48.5 Å². The van der Waals surface area contributed by atoms with Crippen LogP contribution in [0.3, 0.4) is 0 Å². The van der Waals surface area contributed by atoms with Crippen LogP contribution >= 0.6 is 0 Å². The molecule has 2 atom stereocenters. The fraction of sp³-hybridized carbons (Fsp3) is 0.333. The van der Waals surface area contributed by atoms with E-state index in [1.165, 1.54) is 12.0 Å². The molecule has 0 aliphatic heterocycles. The van der Waals surface area contributed by atoms with Crippen molar-refractivity contribution in [2.75, 3.05) is 13.2 Å². The van der Waals surface area contributed by atoms with Crippen molar-refractivity contribution in [2.24, 2.45) is 0 Å². The molecule has 104 valence electrons. The Morgan fingerprint density at radius 3 is 2.40 bits per heavy atom. The van der Waals surface area contributed by atoms with Gasteiger partial charge in [0, 0.05) is 12.0 Å². The van der Waals surface area contributed by atoms with Crippen molar-refractivity contribution in [2.45, 2.75) is 24.8 Å². The lowest BCUT2D eigenvalue weighted by Crippen LogP contribution is -2.20. The summed E-state index contributed by atoms with van der Waals surface area (Å²) in [6.45, 7) is 1.81. The van der Waals surface area contributed by atoms with Gasteiger partial charge in [0.2, 0.25) is 0 Å². The molecule has 3 rings (SSSR count). The van der Waals surface area contributed by atoms with Crippen molar-refractivity contribution in [3.63, 3.8) is 0 Å². The van der Waals surface area contributed by atoms with Gasteiger partial charge in [-0.05, 0) is 37.1 Å². The molecule has 2 heteroatoms. The van der Waals surface area contributed by atoms with Gasteiger partial charge in [0.1, 0.15) is 5.75 Å². The highest BCUT2D eigenvalue weighted by atomic mass is 16.5. The average Bonchev–Trinajstić information content (AvgIpc) is 3.28. The van der Waals surface area contributed by atoms with Crippen LogP contribution in [0.4, 0.5) is 0 Å². The lowest BCUT2D eigenvalue weighted by atomic mass is 10.1. The molecule has 1 fully saturated rings. The second-order valence-electron chi connectivity index (χ2n) is 5.33. The summed E-state index contributed by atoms with van der Waals surface area (Å²) in [6, 6.07) is 21.4. The second-order valence-corrected chi connectivity index (χ2v) is 5.33. The number of rotatable bonds is 7. The first kappa shape index (κ1) is 13.2. The summed E-state index contributed by atoms with van der Waals surface area (Å²) >= 11 is 0. The Hall–Kier alpha value is -1.80. The molecule has 0 bridgehead atoms. The maximum atomic E-state index is 5.68. The van der Waals surface area contributed by atoms with Crippen LogP contribution in [-0.4, -0.2) is 19.2 Å². The first-order chi connectivity index (χ1) is 9.93. The van der Waals surface area contributed by atoms with Gasteiger partial charge < -0.3 is 10.1 Å². The molecule has 0 aromatic heterocycles. The highest BCUT2D eigenvalue weighted by molar-refractivity contribution is 5.27. The predicted molar refractivity (Wildman–Crippen MR) is 82.1 cm³/mol. The molecule has 1 N–H and O–H groups in total. The van der Waals surface area contributed by atoms with E-state index in [9.17, 15) is 0 Å². The third-order valence-corrected chi connectivity index (χ3v) is 3.76. The van der Waals surface area contributed by atoms with Crippen LogP contribution in [0.2, 0.25) is 0 Å². The normalized spacial score (nSPS) is 20.6. The van der Waals surface area contributed by atoms with Crippen LogP contribution in [0.15, 0.2) is 60.7 Å². The molecule has 0 heterocycles. The molecule has 1 aliphatic rings. The average molecular weight is 267 g/mol. The zero-order valence-corrected chi connectivity index (χ0v) is 11.7. The Morgan fingerprint density at radius 2 is 1.65 bits per heavy atom. The maximum absolute atomic E-state index is 5.68. The zero-order valence-electron chi connectivity index (χ0n) is 11.7. The van der Waals surface area contributed by atoms with E-state index < -0.39 is 0 Å². The Bertz CT molecular complexity index is 511. The smallest absolute Gasteiger partial charge is 0.119 e. The first-order valence-corrected chi connectivity index (χ1v) is 7.39. The number of ether oxygens (including phenoxy) is 1. The Kier molecular flexibility index (Phi) is 4.34. The molecule has 0 amide bonds. The number of nitrogens with one attached hydrogen (secondary N) is 1. The summed E-state index contributed by atoms with van der Waals surface area (Å²) in [5.74, 6) is 1.67. The highest BCUT2D eigenvalue weighted by Crippen LogP contribution is 2.40. The molecule has 2 aromatic rings. The Balaban J connectivity index is 1.30. The fourth-order valence-electron chi connectivity index (χ4n) is 2.56. The third kappa shape index (κ3) is 3.61. The van der Waals surface area contributed by atoms with E-state index in [2.05, 4.69) is 35.6 Å². The fourth-order valence-corrected chi connectivity index (χ4v) is 2.56. The summed E-state index contributed by atoms with van der Waals surface area (Å²) in [4.78, 5) is 0. The maximum Gasteiger partial charge on any atom is 0.119 e. The number of para-hydroxylation sites is 1. The lowest BCUT2D eigenvalue weighted by Gasteiger charge is -2.07. The van der Waals surface area contributed by atoms with E-state index in [1.54, 1.807) is 0 Å². The minimum Gasteiger partial charge on any atom is -0.494 e. The van der Waals surface area contributed by atoms with E-state index in [-0.39, 0.29) is 0 Å². The molecule has 20 heavy (non-hydrogen) atoms. The number of hydrogen-bond acceptors (Lipinski definition) is 2. The molecular formula is C18H21NO. The van der Waals surface area contributed by atoms with Crippen molar-refractivity contribution in [1.29, 1.82) is 0 Å². The Labute approximate surface area is 120 Å². The van der Waals surface area contributed by atoms with Crippen LogP contribution in [0, 0.1) is 0 Å². The van der Waals surface area contributed by atoms with Crippen molar-refractivity contribution < 1.29 is 4.74 Å². The molecule has 0 spiro atoms. The molecule has 1 saturated carbocycles. The van der Waals surface area contributed by atoms with Crippen LogP contribution in [-0.2, 0) is 0 Å². The first-order valence-electron chi connectivity index (χ1n) is 7.39. The van der Waals surface area contributed by atoms with Gasteiger partial charge in [0.05, 0.1) is 6.61 Å². The second kappa shape index (κ2) is 6.58. The van der Waals surface area contributed by atoms with Crippen LogP contribution in [0.1, 0.15) is 24.3 Å². The SMILES string of the molecule is c1ccc(OCCCNC2CC2c2ccccc2)cc1. The Morgan fingerprint density at radius 1 is 0.950 bits per heavy atom. The predicted octanol–water partition coefficient (Wildman–Crippen LogP) is 3.60. The molecule has 0 radical (unpaired) electrons. The van der Waals surface area contributed by atoms with Crippen molar-refractivity contribution in [3.05, 3.63) is 66.2 Å². The molecule has 1 aliphatic carbocycles. The summed E-state index contributed by atoms with van der Waals surface area (Å²) in [6.07, 6.45) is 2.32. The van der Waals surface area contributed by atoms with E-state index in [1.807, 2.05) is 30.3 Å². The van der Waals surface area contributed by atoms with Gasteiger partial charge in [0.25, 0.3) is 0 Å². The van der Waals surface area contributed by atoms with Gasteiger partial charge in [-0.25, -0.2) is 0 Å². The van der Waals surface area contributed by atoms with Gasteiger partial charge in [-0.15, -0.1) is 0 Å². The van der Waals surface area contributed by atoms with Gasteiger partial charge in [-0.2, -0.15) is 0 Å². The standard InChI is InChI=1S/C18H21NO/c1-3-8-15(9-4-1)17-14-18(17)19-12-7-13-20-16-10-5-2-6-11-16/h1-6,8-11,17-19H,7,12-14H2. The number of hydrogen-bond donors (Lipinski definition) is 1. The van der Waals surface area contributed by atoms with Gasteiger partial charge in [0.15, 0.2) is 0 Å². The van der Waals surface area contributed by atoms with Crippen molar-refractivity contribution >= 4 is 0 Å². The molecule has 2 aromatic carbocycles. The molecular weight excluding hydrogens is 246 g/mol. The lowest BCUT2D eigenvalue weighted by molar-refractivity contribution is 0.308. The minimum atomic E-state index is 0.661. The summed E-state index contributed by atoms with van der Waals surface area (Å²) < 4.78 is 5.68. The summed E-state index contributed by atoms with van der Waals surface area (Å²) in [5, 5.41) is 3.61. The van der Waals surface area contributed by atoms with E-state index in [0.717, 1.165) is 25.3 Å².